The number of para-hydroxylation sites is 1. The van der Waals surface area contributed by atoms with Gasteiger partial charge in [-0.25, -0.2) is 4.68 Å². The summed E-state index contributed by atoms with van der Waals surface area (Å²) < 4.78 is 6.89. The molecule has 0 bridgehead atoms. The highest BCUT2D eigenvalue weighted by molar-refractivity contribution is 5.95. The Hall–Kier alpha value is -2.18. The quantitative estimate of drug-likeness (QED) is 0.721. The standard InChI is InChI=1S/C16H21N3O3/c1-13-15(16(21)17-8-5-10-22-11-9-20)12-18-19(13)14-6-3-2-4-7-14/h2-4,6-7,12,20H,5,8-11H2,1H3,(H,17,21). The SMILES string of the molecule is Cc1c(C(=O)NCCCOCCO)cnn1-c1ccccc1. The fourth-order valence-electron chi connectivity index (χ4n) is 2.10. The second-order valence-corrected chi connectivity index (χ2v) is 4.84. The van der Waals surface area contributed by atoms with Crippen molar-refractivity contribution in [3.8, 4) is 5.69 Å². The number of aromatic nitrogens is 2. The van der Waals surface area contributed by atoms with Crippen LogP contribution in [0.1, 0.15) is 22.5 Å². The molecule has 0 fully saturated rings. The maximum Gasteiger partial charge on any atom is 0.254 e. The predicted octanol–water partition coefficient (Wildman–Crippen LogP) is 1.31. The molecular weight excluding hydrogens is 282 g/mol. The average molecular weight is 303 g/mol. The van der Waals surface area contributed by atoms with Crippen LogP contribution in [0.5, 0.6) is 0 Å². The summed E-state index contributed by atoms with van der Waals surface area (Å²) in [5, 5.41) is 15.7. The molecule has 6 nitrogen and oxygen atoms in total. The van der Waals surface area contributed by atoms with Crippen LogP contribution in [0.15, 0.2) is 36.5 Å². The molecule has 1 heterocycles. The van der Waals surface area contributed by atoms with Crippen LogP contribution in [0.25, 0.3) is 5.69 Å². The monoisotopic (exact) mass is 303 g/mol. The highest BCUT2D eigenvalue weighted by atomic mass is 16.5. The average Bonchev–Trinajstić information content (AvgIpc) is 2.93. The molecule has 1 aromatic heterocycles. The lowest BCUT2D eigenvalue weighted by atomic mass is 10.2. The lowest BCUT2D eigenvalue weighted by Gasteiger charge is -2.07. The Labute approximate surface area is 129 Å². The van der Waals surface area contributed by atoms with Crippen LogP contribution in [-0.4, -0.2) is 47.2 Å². The van der Waals surface area contributed by atoms with Gasteiger partial charge in [-0.05, 0) is 25.5 Å². The van der Waals surface area contributed by atoms with E-state index in [1.807, 2.05) is 37.3 Å². The first-order valence-corrected chi connectivity index (χ1v) is 7.31. The molecule has 0 aliphatic heterocycles. The molecule has 118 valence electrons. The summed E-state index contributed by atoms with van der Waals surface area (Å²) in [7, 11) is 0. The van der Waals surface area contributed by atoms with Gasteiger partial charge in [-0.1, -0.05) is 18.2 Å². The fourth-order valence-corrected chi connectivity index (χ4v) is 2.10. The van der Waals surface area contributed by atoms with Gasteiger partial charge in [0, 0.05) is 13.2 Å². The van der Waals surface area contributed by atoms with E-state index in [4.69, 9.17) is 9.84 Å². The van der Waals surface area contributed by atoms with Crippen LogP contribution in [0, 0.1) is 6.92 Å². The van der Waals surface area contributed by atoms with Gasteiger partial charge in [0.25, 0.3) is 5.91 Å². The van der Waals surface area contributed by atoms with Crippen LogP contribution in [-0.2, 0) is 4.74 Å². The number of nitrogens with one attached hydrogen (secondary N) is 1. The molecule has 0 saturated carbocycles. The normalized spacial score (nSPS) is 10.6. The van der Waals surface area contributed by atoms with E-state index >= 15 is 0 Å². The van der Waals surface area contributed by atoms with Gasteiger partial charge in [-0.15, -0.1) is 0 Å². The first-order chi connectivity index (χ1) is 10.7. The van der Waals surface area contributed by atoms with Crippen molar-refractivity contribution in [2.75, 3.05) is 26.4 Å². The molecule has 0 aliphatic carbocycles. The number of aliphatic hydroxyl groups is 1. The fraction of sp³-hybridized carbons (Fsp3) is 0.375. The van der Waals surface area contributed by atoms with Crippen molar-refractivity contribution >= 4 is 5.91 Å². The molecule has 1 aromatic carbocycles. The van der Waals surface area contributed by atoms with Crippen LogP contribution < -0.4 is 5.32 Å². The summed E-state index contributed by atoms with van der Waals surface area (Å²) in [6, 6.07) is 9.69. The molecule has 0 saturated heterocycles. The van der Waals surface area contributed by atoms with Gasteiger partial charge in [0.1, 0.15) is 0 Å². The molecule has 2 aromatic rings. The van der Waals surface area contributed by atoms with Gasteiger partial charge in [-0.3, -0.25) is 4.79 Å². The number of amides is 1. The summed E-state index contributed by atoms with van der Waals surface area (Å²) in [5.41, 5.74) is 2.30. The minimum atomic E-state index is -0.137. The van der Waals surface area contributed by atoms with Gasteiger partial charge >= 0.3 is 0 Å². The Morgan fingerprint density at radius 2 is 2.09 bits per heavy atom. The third kappa shape index (κ3) is 4.16. The summed E-state index contributed by atoms with van der Waals surface area (Å²) >= 11 is 0. The van der Waals surface area contributed by atoms with Crippen molar-refractivity contribution < 1.29 is 14.6 Å². The van der Waals surface area contributed by atoms with E-state index in [0.29, 0.717) is 31.7 Å². The van der Waals surface area contributed by atoms with Crippen LogP contribution in [0.4, 0.5) is 0 Å². The number of carbonyl (C=O) groups is 1. The van der Waals surface area contributed by atoms with E-state index in [9.17, 15) is 4.79 Å². The lowest BCUT2D eigenvalue weighted by molar-refractivity contribution is 0.0867. The maximum absolute atomic E-state index is 12.2. The minimum Gasteiger partial charge on any atom is -0.394 e. The number of rotatable bonds is 8. The van der Waals surface area contributed by atoms with E-state index < -0.39 is 0 Å². The number of hydrogen-bond acceptors (Lipinski definition) is 4. The first-order valence-electron chi connectivity index (χ1n) is 7.31. The van der Waals surface area contributed by atoms with E-state index in [1.54, 1.807) is 10.9 Å². The molecule has 22 heavy (non-hydrogen) atoms. The zero-order chi connectivity index (χ0) is 15.8. The topological polar surface area (TPSA) is 76.4 Å². The minimum absolute atomic E-state index is 0.0181. The number of aliphatic hydroxyl groups excluding tert-OH is 1. The molecule has 0 atom stereocenters. The molecule has 0 aliphatic rings. The molecule has 0 spiro atoms. The van der Waals surface area contributed by atoms with Crippen LogP contribution in [0.2, 0.25) is 0 Å². The van der Waals surface area contributed by atoms with Crippen molar-refractivity contribution in [1.29, 1.82) is 0 Å². The molecule has 2 rings (SSSR count). The van der Waals surface area contributed by atoms with E-state index in [-0.39, 0.29) is 12.5 Å². The summed E-state index contributed by atoms with van der Waals surface area (Å²) in [4.78, 5) is 12.2. The highest BCUT2D eigenvalue weighted by Crippen LogP contribution is 2.13. The van der Waals surface area contributed by atoms with Gasteiger partial charge in [0.05, 0.1) is 36.4 Å². The Balaban J connectivity index is 1.90. The maximum atomic E-state index is 12.2. The van der Waals surface area contributed by atoms with Crippen molar-refractivity contribution in [2.24, 2.45) is 0 Å². The molecule has 2 N–H and O–H groups in total. The number of hydrogen-bond donors (Lipinski definition) is 2. The third-order valence-electron chi connectivity index (χ3n) is 3.24. The van der Waals surface area contributed by atoms with Crippen LogP contribution >= 0.6 is 0 Å². The lowest BCUT2D eigenvalue weighted by Crippen LogP contribution is -2.25. The van der Waals surface area contributed by atoms with Crippen molar-refractivity contribution in [3.63, 3.8) is 0 Å². The van der Waals surface area contributed by atoms with E-state index in [1.165, 1.54) is 0 Å². The Kier molecular flexibility index (Phi) is 6.12. The largest absolute Gasteiger partial charge is 0.394 e. The second-order valence-electron chi connectivity index (χ2n) is 4.84. The summed E-state index contributed by atoms with van der Waals surface area (Å²) in [6.07, 6.45) is 2.29. The Bertz CT molecular complexity index is 596. The van der Waals surface area contributed by atoms with Gasteiger partial charge < -0.3 is 15.2 Å². The second kappa shape index (κ2) is 8.31. The van der Waals surface area contributed by atoms with E-state index in [0.717, 1.165) is 11.4 Å². The number of ether oxygens (including phenoxy) is 1. The zero-order valence-corrected chi connectivity index (χ0v) is 12.7. The molecular formula is C16H21N3O3. The summed E-state index contributed by atoms with van der Waals surface area (Å²) in [6.45, 7) is 3.27. The van der Waals surface area contributed by atoms with Gasteiger partial charge in [0.2, 0.25) is 0 Å². The summed E-state index contributed by atoms with van der Waals surface area (Å²) in [5.74, 6) is -0.137. The molecule has 0 unspecified atom stereocenters. The van der Waals surface area contributed by atoms with Gasteiger partial charge in [-0.2, -0.15) is 5.10 Å². The number of nitrogens with zero attached hydrogens (tertiary/aromatic N) is 2. The predicted molar refractivity (Wildman–Crippen MR) is 83.2 cm³/mol. The highest BCUT2D eigenvalue weighted by Gasteiger charge is 2.14. The van der Waals surface area contributed by atoms with Crippen molar-refractivity contribution in [2.45, 2.75) is 13.3 Å². The first kappa shape index (κ1) is 16.2. The number of benzene rings is 1. The Morgan fingerprint density at radius 1 is 1.32 bits per heavy atom. The zero-order valence-electron chi connectivity index (χ0n) is 12.7. The third-order valence-corrected chi connectivity index (χ3v) is 3.24. The Morgan fingerprint density at radius 3 is 2.82 bits per heavy atom. The van der Waals surface area contributed by atoms with Crippen LogP contribution in [0.3, 0.4) is 0 Å². The van der Waals surface area contributed by atoms with E-state index in [2.05, 4.69) is 10.4 Å². The smallest absolute Gasteiger partial charge is 0.254 e. The molecule has 0 radical (unpaired) electrons. The van der Waals surface area contributed by atoms with Gasteiger partial charge in [0.15, 0.2) is 0 Å². The van der Waals surface area contributed by atoms with Crippen molar-refractivity contribution in [3.05, 3.63) is 47.8 Å². The van der Waals surface area contributed by atoms with Crippen molar-refractivity contribution in [1.82, 2.24) is 15.1 Å². The molecule has 1 amide bonds. The molecule has 6 heteroatoms. The number of carbonyl (C=O) groups excluding carboxylic acids is 1.